The summed E-state index contributed by atoms with van der Waals surface area (Å²) in [6.45, 7) is 5.22. The van der Waals surface area contributed by atoms with Crippen LogP contribution in [0.5, 0.6) is 0 Å². The molecule has 2 rings (SSSR count). The lowest BCUT2D eigenvalue weighted by atomic mass is 10.1. The fourth-order valence-corrected chi connectivity index (χ4v) is 2.72. The number of benzene rings is 1. The van der Waals surface area contributed by atoms with Gasteiger partial charge in [-0.2, -0.15) is 0 Å². The number of likely N-dealkylation sites (N-methyl/N-ethyl adjacent to an activating group) is 1. The van der Waals surface area contributed by atoms with Crippen LogP contribution in [0, 0.1) is 0 Å². The van der Waals surface area contributed by atoms with Crippen molar-refractivity contribution in [1.82, 2.24) is 4.90 Å². The van der Waals surface area contributed by atoms with Gasteiger partial charge in [0.15, 0.2) is 0 Å². The highest BCUT2D eigenvalue weighted by Gasteiger charge is 2.38. The number of nitrogens with zero attached hydrogens (tertiary/aromatic N) is 2. The third kappa shape index (κ3) is 2.80. The largest absolute Gasteiger partial charge is 0.341 e. The molecule has 1 heterocycles. The highest BCUT2D eigenvalue weighted by molar-refractivity contribution is 6.30. The minimum absolute atomic E-state index is 0.00201. The van der Waals surface area contributed by atoms with E-state index in [1.165, 1.54) is 0 Å². The molecule has 0 radical (unpaired) electrons. The molecule has 0 N–H and O–H groups in total. The molecule has 20 heavy (non-hydrogen) atoms. The van der Waals surface area contributed by atoms with E-state index in [0.717, 1.165) is 5.69 Å². The van der Waals surface area contributed by atoms with Crippen molar-refractivity contribution in [1.29, 1.82) is 0 Å². The normalized spacial score (nSPS) is 18.4. The Morgan fingerprint density at radius 1 is 1.30 bits per heavy atom. The van der Waals surface area contributed by atoms with E-state index in [9.17, 15) is 9.59 Å². The zero-order valence-corrected chi connectivity index (χ0v) is 12.6. The van der Waals surface area contributed by atoms with E-state index >= 15 is 0 Å². The minimum atomic E-state index is -0.386. The van der Waals surface area contributed by atoms with Crippen molar-refractivity contribution < 1.29 is 9.59 Å². The quantitative estimate of drug-likeness (QED) is 0.857. The lowest BCUT2D eigenvalue weighted by molar-refractivity contribution is -0.132. The van der Waals surface area contributed by atoms with Gasteiger partial charge in [-0.25, -0.2) is 0 Å². The van der Waals surface area contributed by atoms with E-state index in [1.807, 2.05) is 13.8 Å². The van der Waals surface area contributed by atoms with E-state index in [2.05, 4.69) is 0 Å². The molecule has 1 aromatic carbocycles. The van der Waals surface area contributed by atoms with Gasteiger partial charge in [-0.1, -0.05) is 11.6 Å². The van der Waals surface area contributed by atoms with Crippen molar-refractivity contribution >= 4 is 29.1 Å². The molecule has 5 heteroatoms. The van der Waals surface area contributed by atoms with Gasteiger partial charge in [0.2, 0.25) is 11.8 Å². The van der Waals surface area contributed by atoms with Gasteiger partial charge in [0.25, 0.3) is 0 Å². The molecular weight excluding hydrogens is 276 g/mol. The van der Waals surface area contributed by atoms with Crippen LogP contribution >= 0.6 is 11.6 Å². The van der Waals surface area contributed by atoms with E-state index in [1.54, 1.807) is 34.1 Å². The smallest absolute Gasteiger partial charge is 0.245 e. The summed E-state index contributed by atoms with van der Waals surface area (Å²) in [5.74, 6) is 0.0219. The summed E-state index contributed by atoms with van der Waals surface area (Å²) in [4.78, 5) is 28.0. The summed E-state index contributed by atoms with van der Waals surface area (Å²) in [6, 6.07) is 6.66. The molecule has 108 valence electrons. The molecule has 2 amide bonds. The van der Waals surface area contributed by atoms with Gasteiger partial charge in [-0.3, -0.25) is 14.5 Å². The molecule has 1 unspecified atom stereocenters. The van der Waals surface area contributed by atoms with Crippen LogP contribution in [0.4, 0.5) is 5.69 Å². The summed E-state index contributed by atoms with van der Waals surface area (Å²) in [7, 11) is 0. The van der Waals surface area contributed by atoms with Crippen molar-refractivity contribution in [3.63, 3.8) is 0 Å². The van der Waals surface area contributed by atoms with E-state index < -0.39 is 0 Å². The van der Waals surface area contributed by atoms with Gasteiger partial charge in [-0.15, -0.1) is 0 Å². The fraction of sp³-hybridized carbons (Fsp3) is 0.467. The molecule has 0 spiro atoms. The van der Waals surface area contributed by atoms with Gasteiger partial charge in [-0.05, 0) is 44.5 Å². The average Bonchev–Trinajstić information content (AvgIpc) is 2.83. The highest BCUT2D eigenvalue weighted by Crippen LogP contribution is 2.28. The number of carbonyl (C=O) groups excluding carboxylic acids is 2. The zero-order valence-electron chi connectivity index (χ0n) is 11.8. The van der Waals surface area contributed by atoms with Crippen molar-refractivity contribution in [2.24, 2.45) is 0 Å². The Kier molecular flexibility index (Phi) is 4.65. The first-order valence-electron chi connectivity index (χ1n) is 6.94. The lowest BCUT2D eigenvalue weighted by Gasteiger charge is -2.29. The molecule has 4 nitrogen and oxygen atoms in total. The van der Waals surface area contributed by atoms with Gasteiger partial charge in [0, 0.05) is 30.2 Å². The molecule has 1 aromatic rings. The second-order valence-electron chi connectivity index (χ2n) is 4.81. The number of rotatable bonds is 4. The number of hydrogen-bond donors (Lipinski definition) is 0. The van der Waals surface area contributed by atoms with E-state index in [0.29, 0.717) is 31.0 Å². The Hall–Kier alpha value is -1.55. The fourth-order valence-electron chi connectivity index (χ4n) is 2.59. The van der Waals surface area contributed by atoms with Crippen LogP contribution in [0.2, 0.25) is 5.02 Å². The summed E-state index contributed by atoms with van der Waals surface area (Å²) in [6.07, 6.45) is 0.997. The standard InChI is InChI=1S/C15H19ClN2O2/c1-3-17(4-2)15(20)13-9-10-14(19)18(13)12-7-5-11(16)6-8-12/h5-8,13H,3-4,9-10H2,1-2H3. The first kappa shape index (κ1) is 14.9. The Morgan fingerprint density at radius 2 is 1.90 bits per heavy atom. The van der Waals surface area contributed by atoms with Crippen LogP contribution in [-0.4, -0.2) is 35.8 Å². The van der Waals surface area contributed by atoms with E-state index in [-0.39, 0.29) is 17.9 Å². The Bertz CT molecular complexity index is 497. The molecule has 0 aromatic heterocycles. The minimum Gasteiger partial charge on any atom is -0.341 e. The van der Waals surface area contributed by atoms with Crippen LogP contribution in [0.15, 0.2) is 24.3 Å². The van der Waals surface area contributed by atoms with Gasteiger partial charge in [0.1, 0.15) is 6.04 Å². The van der Waals surface area contributed by atoms with Crippen LogP contribution in [0.25, 0.3) is 0 Å². The zero-order chi connectivity index (χ0) is 14.7. The average molecular weight is 295 g/mol. The first-order valence-corrected chi connectivity index (χ1v) is 7.32. The van der Waals surface area contributed by atoms with Crippen molar-refractivity contribution in [2.75, 3.05) is 18.0 Å². The Labute approximate surface area is 124 Å². The third-order valence-electron chi connectivity index (χ3n) is 3.68. The molecule has 0 saturated carbocycles. The molecule has 1 fully saturated rings. The lowest BCUT2D eigenvalue weighted by Crippen LogP contribution is -2.46. The monoisotopic (exact) mass is 294 g/mol. The number of amides is 2. The molecule has 1 aliphatic heterocycles. The third-order valence-corrected chi connectivity index (χ3v) is 3.93. The Morgan fingerprint density at radius 3 is 2.45 bits per heavy atom. The van der Waals surface area contributed by atoms with Crippen molar-refractivity contribution in [2.45, 2.75) is 32.7 Å². The molecular formula is C15H19ClN2O2. The summed E-state index contributed by atoms with van der Waals surface area (Å²) >= 11 is 5.87. The maximum absolute atomic E-state index is 12.5. The Balaban J connectivity index is 2.27. The predicted molar refractivity (Wildman–Crippen MR) is 79.9 cm³/mol. The molecule has 0 bridgehead atoms. The highest BCUT2D eigenvalue weighted by atomic mass is 35.5. The van der Waals surface area contributed by atoms with Crippen LogP contribution < -0.4 is 4.90 Å². The number of anilines is 1. The van der Waals surface area contributed by atoms with Crippen LogP contribution in [-0.2, 0) is 9.59 Å². The van der Waals surface area contributed by atoms with Crippen molar-refractivity contribution in [3.05, 3.63) is 29.3 Å². The first-order chi connectivity index (χ1) is 9.58. The topological polar surface area (TPSA) is 40.6 Å². The van der Waals surface area contributed by atoms with Crippen LogP contribution in [0.1, 0.15) is 26.7 Å². The molecule has 1 atom stereocenters. The number of halogens is 1. The van der Waals surface area contributed by atoms with Gasteiger partial charge >= 0.3 is 0 Å². The van der Waals surface area contributed by atoms with Crippen LogP contribution in [0.3, 0.4) is 0 Å². The maximum atomic E-state index is 12.5. The maximum Gasteiger partial charge on any atom is 0.245 e. The molecule has 0 aliphatic carbocycles. The SMILES string of the molecule is CCN(CC)C(=O)C1CCC(=O)N1c1ccc(Cl)cc1. The number of carbonyl (C=O) groups is 2. The van der Waals surface area contributed by atoms with Crippen molar-refractivity contribution in [3.8, 4) is 0 Å². The van der Waals surface area contributed by atoms with E-state index in [4.69, 9.17) is 11.6 Å². The van der Waals surface area contributed by atoms with Gasteiger partial charge < -0.3 is 4.90 Å². The number of hydrogen-bond acceptors (Lipinski definition) is 2. The molecule has 1 aliphatic rings. The second kappa shape index (κ2) is 6.27. The predicted octanol–water partition coefficient (Wildman–Crippen LogP) is 2.70. The summed E-state index contributed by atoms with van der Waals surface area (Å²) in [5.41, 5.74) is 0.738. The summed E-state index contributed by atoms with van der Waals surface area (Å²) in [5, 5.41) is 0.618. The molecule has 1 saturated heterocycles. The second-order valence-corrected chi connectivity index (χ2v) is 5.24. The summed E-state index contributed by atoms with van der Waals surface area (Å²) < 4.78 is 0. The van der Waals surface area contributed by atoms with Gasteiger partial charge in [0.05, 0.1) is 0 Å².